The number of amides is 2. The fraction of sp³-hybridized carbons (Fsp3) is 0.846. The fourth-order valence-electron chi connectivity index (χ4n) is 2.84. The topological polar surface area (TPSA) is 49.4 Å². The van der Waals surface area contributed by atoms with Crippen molar-refractivity contribution in [2.24, 2.45) is 5.41 Å². The molecule has 2 rings (SSSR count). The van der Waals surface area contributed by atoms with Gasteiger partial charge in [0.25, 0.3) is 0 Å². The Morgan fingerprint density at radius 1 is 1.18 bits per heavy atom. The first-order chi connectivity index (χ1) is 7.80. The molecule has 2 fully saturated rings. The number of urea groups is 1. The van der Waals surface area contributed by atoms with Crippen LogP contribution in [0.2, 0.25) is 0 Å². The Morgan fingerprint density at radius 2 is 1.76 bits per heavy atom. The third kappa shape index (κ3) is 2.79. The summed E-state index contributed by atoms with van der Waals surface area (Å²) in [6.45, 7) is 7.80. The highest BCUT2D eigenvalue weighted by atomic mass is 16.2. The van der Waals surface area contributed by atoms with Gasteiger partial charge >= 0.3 is 6.03 Å². The number of carbonyl (C=O) groups is 2. The standard InChI is InChI=1S/C13H22N2O2/c1-12(2)8-15(11(17)14-12)9-13(3)6-4-10(16)5-7-13/h4-9H2,1-3H3,(H,14,17). The van der Waals surface area contributed by atoms with E-state index in [1.807, 2.05) is 18.7 Å². The van der Waals surface area contributed by atoms with Crippen molar-refractivity contribution in [2.45, 2.75) is 52.0 Å². The highest BCUT2D eigenvalue weighted by Gasteiger charge is 2.39. The van der Waals surface area contributed by atoms with Gasteiger partial charge < -0.3 is 10.2 Å². The van der Waals surface area contributed by atoms with Crippen LogP contribution in [0, 0.1) is 5.41 Å². The molecule has 0 aromatic rings. The average molecular weight is 238 g/mol. The molecular weight excluding hydrogens is 216 g/mol. The molecule has 0 unspecified atom stereocenters. The predicted octanol–water partition coefficient (Wildman–Crippen LogP) is 1.94. The molecule has 0 spiro atoms. The lowest BCUT2D eigenvalue weighted by Crippen LogP contribution is -2.40. The van der Waals surface area contributed by atoms with Gasteiger partial charge in [-0.05, 0) is 32.1 Å². The van der Waals surface area contributed by atoms with Crippen LogP contribution < -0.4 is 5.32 Å². The monoisotopic (exact) mass is 238 g/mol. The minimum atomic E-state index is -0.127. The Bertz CT molecular complexity index is 339. The molecule has 0 aromatic heterocycles. The number of rotatable bonds is 2. The fourth-order valence-corrected chi connectivity index (χ4v) is 2.84. The van der Waals surface area contributed by atoms with Crippen LogP contribution in [0.4, 0.5) is 4.79 Å². The lowest BCUT2D eigenvalue weighted by molar-refractivity contribution is -0.122. The van der Waals surface area contributed by atoms with Crippen molar-refractivity contribution in [2.75, 3.05) is 13.1 Å². The molecule has 0 atom stereocenters. The van der Waals surface area contributed by atoms with E-state index in [1.54, 1.807) is 0 Å². The summed E-state index contributed by atoms with van der Waals surface area (Å²) in [7, 11) is 0. The summed E-state index contributed by atoms with van der Waals surface area (Å²) in [4.78, 5) is 25.0. The largest absolute Gasteiger partial charge is 0.331 e. The molecule has 4 nitrogen and oxygen atoms in total. The number of hydrogen-bond acceptors (Lipinski definition) is 2. The molecule has 1 saturated heterocycles. The van der Waals surface area contributed by atoms with E-state index in [1.165, 1.54) is 0 Å². The van der Waals surface area contributed by atoms with Crippen molar-refractivity contribution >= 4 is 11.8 Å². The van der Waals surface area contributed by atoms with Crippen LogP contribution in [0.5, 0.6) is 0 Å². The number of ketones is 1. The summed E-state index contributed by atoms with van der Waals surface area (Å²) in [6.07, 6.45) is 3.18. The van der Waals surface area contributed by atoms with Gasteiger partial charge in [0.2, 0.25) is 0 Å². The van der Waals surface area contributed by atoms with E-state index in [9.17, 15) is 9.59 Å². The van der Waals surface area contributed by atoms with E-state index in [0.717, 1.165) is 25.9 Å². The highest BCUT2D eigenvalue weighted by Crippen LogP contribution is 2.36. The Balaban J connectivity index is 1.97. The van der Waals surface area contributed by atoms with Gasteiger partial charge in [0, 0.05) is 25.9 Å². The zero-order valence-electron chi connectivity index (χ0n) is 11.0. The van der Waals surface area contributed by atoms with E-state index < -0.39 is 0 Å². The Hall–Kier alpha value is -1.06. The minimum Gasteiger partial charge on any atom is -0.331 e. The average Bonchev–Trinajstić information content (AvgIpc) is 2.45. The second-order valence-corrected chi connectivity index (χ2v) is 6.52. The number of nitrogens with zero attached hydrogens (tertiary/aromatic N) is 1. The van der Waals surface area contributed by atoms with Gasteiger partial charge in [-0.15, -0.1) is 0 Å². The Labute approximate surface area is 103 Å². The van der Waals surface area contributed by atoms with Crippen LogP contribution in [0.25, 0.3) is 0 Å². The van der Waals surface area contributed by atoms with Gasteiger partial charge in [-0.3, -0.25) is 4.79 Å². The van der Waals surface area contributed by atoms with Gasteiger partial charge in [-0.1, -0.05) is 6.92 Å². The Kier molecular flexibility index (Phi) is 2.92. The van der Waals surface area contributed by atoms with Crippen LogP contribution in [-0.2, 0) is 4.79 Å². The van der Waals surface area contributed by atoms with Gasteiger partial charge in [-0.25, -0.2) is 4.79 Å². The van der Waals surface area contributed by atoms with E-state index in [-0.39, 0.29) is 17.0 Å². The molecule has 0 bridgehead atoms. The second-order valence-electron chi connectivity index (χ2n) is 6.52. The van der Waals surface area contributed by atoms with Crippen LogP contribution >= 0.6 is 0 Å². The summed E-state index contributed by atoms with van der Waals surface area (Å²) in [5.41, 5.74) is -0.0103. The summed E-state index contributed by atoms with van der Waals surface area (Å²) in [6, 6.07) is 0.0353. The zero-order chi connectivity index (χ0) is 12.7. The number of nitrogens with one attached hydrogen (secondary N) is 1. The maximum Gasteiger partial charge on any atom is 0.317 e. The molecule has 4 heteroatoms. The summed E-state index contributed by atoms with van der Waals surface area (Å²) < 4.78 is 0. The van der Waals surface area contributed by atoms with Gasteiger partial charge in [0.15, 0.2) is 0 Å². The maximum atomic E-state index is 11.8. The molecule has 1 aliphatic carbocycles. The molecule has 0 radical (unpaired) electrons. The van der Waals surface area contributed by atoms with Crippen LogP contribution in [0.3, 0.4) is 0 Å². The molecule has 96 valence electrons. The summed E-state index contributed by atoms with van der Waals surface area (Å²) >= 11 is 0. The lowest BCUT2D eigenvalue weighted by atomic mass is 9.75. The zero-order valence-corrected chi connectivity index (χ0v) is 11.0. The van der Waals surface area contributed by atoms with Crippen molar-refractivity contribution in [3.8, 4) is 0 Å². The first-order valence-electron chi connectivity index (χ1n) is 6.39. The second kappa shape index (κ2) is 4.00. The molecule has 17 heavy (non-hydrogen) atoms. The van der Waals surface area contributed by atoms with Gasteiger partial charge in [-0.2, -0.15) is 0 Å². The molecule has 1 N–H and O–H groups in total. The Morgan fingerprint density at radius 3 is 2.24 bits per heavy atom. The first-order valence-corrected chi connectivity index (χ1v) is 6.39. The highest BCUT2D eigenvalue weighted by molar-refractivity contribution is 5.79. The molecular formula is C13H22N2O2. The van der Waals surface area contributed by atoms with Crippen molar-refractivity contribution in [1.29, 1.82) is 0 Å². The summed E-state index contributed by atoms with van der Waals surface area (Å²) in [5, 5.41) is 2.98. The third-order valence-corrected chi connectivity index (χ3v) is 3.91. The van der Waals surface area contributed by atoms with Gasteiger partial charge in [0.1, 0.15) is 5.78 Å². The smallest absolute Gasteiger partial charge is 0.317 e. The SMILES string of the molecule is CC1(CN2CC(C)(C)NC2=O)CCC(=O)CC1. The van der Waals surface area contributed by atoms with Crippen LogP contribution in [0.15, 0.2) is 0 Å². The number of hydrogen-bond donors (Lipinski definition) is 1. The van der Waals surface area contributed by atoms with E-state index in [0.29, 0.717) is 18.6 Å². The van der Waals surface area contributed by atoms with E-state index in [2.05, 4.69) is 12.2 Å². The molecule has 1 heterocycles. The molecule has 0 aromatic carbocycles. The maximum absolute atomic E-state index is 11.8. The summed E-state index contributed by atoms with van der Waals surface area (Å²) in [5.74, 6) is 0.369. The molecule has 1 aliphatic heterocycles. The third-order valence-electron chi connectivity index (χ3n) is 3.91. The number of Topliss-reactive ketones (excluding diaryl/α,β-unsaturated/α-hetero) is 1. The quantitative estimate of drug-likeness (QED) is 0.799. The van der Waals surface area contributed by atoms with E-state index >= 15 is 0 Å². The molecule has 1 saturated carbocycles. The molecule has 2 aliphatic rings. The van der Waals surface area contributed by atoms with Crippen molar-refractivity contribution in [1.82, 2.24) is 10.2 Å². The van der Waals surface area contributed by atoms with Crippen molar-refractivity contribution < 1.29 is 9.59 Å². The van der Waals surface area contributed by atoms with Crippen molar-refractivity contribution in [3.63, 3.8) is 0 Å². The van der Waals surface area contributed by atoms with Crippen LogP contribution in [0.1, 0.15) is 46.5 Å². The van der Waals surface area contributed by atoms with Crippen molar-refractivity contribution in [3.05, 3.63) is 0 Å². The lowest BCUT2D eigenvalue weighted by Gasteiger charge is -2.36. The van der Waals surface area contributed by atoms with Gasteiger partial charge in [0.05, 0.1) is 5.54 Å². The van der Waals surface area contributed by atoms with Crippen LogP contribution in [-0.4, -0.2) is 35.3 Å². The normalized spacial score (nSPS) is 27.1. The minimum absolute atomic E-state index is 0.0353. The molecule has 2 amide bonds. The predicted molar refractivity (Wildman–Crippen MR) is 65.8 cm³/mol. The first kappa shape index (κ1) is 12.4. The number of carbonyl (C=O) groups excluding carboxylic acids is 2. The van der Waals surface area contributed by atoms with E-state index in [4.69, 9.17) is 0 Å².